The van der Waals surface area contributed by atoms with Crippen LogP contribution in [0.4, 0.5) is 5.69 Å². The van der Waals surface area contributed by atoms with E-state index in [9.17, 15) is 4.79 Å². The molecule has 6 nitrogen and oxygen atoms in total. The zero-order chi connectivity index (χ0) is 17.3. The minimum atomic E-state index is -0.187. The average molecular weight is 364 g/mol. The summed E-state index contributed by atoms with van der Waals surface area (Å²) in [5.74, 6) is 8.04. The number of hydrogen-bond acceptors (Lipinski definition) is 6. The van der Waals surface area contributed by atoms with Gasteiger partial charge in [-0.15, -0.1) is 22.0 Å². The van der Waals surface area contributed by atoms with Crippen molar-refractivity contribution < 1.29 is 4.79 Å². The second kappa shape index (κ2) is 6.68. The fourth-order valence-corrected chi connectivity index (χ4v) is 4.25. The SMILES string of the molecule is CC(C)(C)c1nnc(SCC(=O)N2CCSc3ccccc32)n1N. The van der Waals surface area contributed by atoms with Crippen molar-refractivity contribution >= 4 is 35.1 Å². The number of aromatic nitrogens is 3. The van der Waals surface area contributed by atoms with Gasteiger partial charge in [-0.05, 0) is 12.1 Å². The molecule has 0 radical (unpaired) electrons. The van der Waals surface area contributed by atoms with Crippen LogP contribution in [0.5, 0.6) is 0 Å². The molecule has 2 N–H and O–H groups in total. The zero-order valence-electron chi connectivity index (χ0n) is 14.0. The van der Waals surface area contributed by atoms with Gasteiger partial charge in [-0.1, -0.05) is 44.7 Å². The Bertz CT molecular complexity index is 753. The maximum absolute atomic E-state index is 12.6. The van der Waals surface area contributed by atoms with Crippen LogP contribution in [0.3, 0.4) is 0 Å². The molecule has 0 bridgehead atoms. The lowest BCUT2D eigenvalue weighted by Gasteiger charge is -2.28. The number of thioether (sulfide) groups is 2. The van der Waals surface area contributed by atoms with Gasteiger partial charge >= 0.3 is 0 Å². The molecule has 8 heteroatoms. The number of amides is 1. The maximum Gasteiger partial charge on any atom is 0.237 e. The molecule has 1 aromatic carbocycles. The Morgan fingerprint density at radius 1 is 1.33 bits per heavy atom. The molecule has 2 heterocycles. The molecule has 0 spiro atoms. The third-order valence-corrected chi connectivity index (χ3v) is 5.66. The van der Waals surface area contributed by atoms with Gasteiger partial charge in [-0.2, -0.15) is 0 Å². The molecular formula is C16H21N5OS2. The average Bonchev–Trinajstić information content (AvgIpc) is 2.93. The molecule has 1 aromatic heterocycles. The minimum Gasteiger partial charge on any atom is -0.336 e. The highest BCUT2D eigenvalue weighted by molar-refractivity contribution is 8.00. The molecule has 0 saturated carbocycles. The molecule has 1 amide bonds. The minimum absolute atomic E-state index is 0.0630. The molecule has 0 atom stereocenters. The molecule has 0 aliphatic carbocycles. The molecule has 1 aliphatic heterocycles. The van der Waals surface area contributed by atoms with Gasteiger partial charge < -0.3 is 10.7 Å². The van der Waals surface area contributed by atoms with Gasteiger partial charge in [0.25, 0.3) is 0 Å². The van der Waals surface area contributed by atoms with Gasteiger partial charge in [0.2, 0.25) is 11.1 Å². The number of carbonyl (C=O) groups excluding carboxylic acids is 1. The summed E-state index contributed by atoms with van der Waals surface area (Å²) in [6.07, 6.45) is 0. The maximum atomic E-state index is 12.6. The van der Waals surface area contributed by atoms with Crippen LogP contribution in [0.2, 0.25) is 0 Å². The summed E-state index contributed by atoms with van der Waals surface area (Å²) in [6.45, 7) is 6.82. The second-order valence-corrected chi connectivity index (χ2v) is 8.66. The van der Waals surface area contributed by atoms with Gasteiger partial charge in [-0.3, -0.25) is 4.79 Å². The van der Waals surface area contributed by atoms with Crippen LogP contribution in [0.25, 0.3) is 0 Å². The first kappa shape index (κ1) is 17.2. The molecule has 3 rings (SSSR count). The highest BCUT2D eigenvalue weighted by Gasteiger charge is 2.25. The third-order valence-electron chi connectivity index (χ3n) is 3.69. The molecule has 0 unspecified atom stereocenters. The Balaban J connectivity index is 1.70. The Kier molecular flexibility index (Phi) is 4.78. The van der Waals surface area contributed by atoms with Crippen molar-refractivity contribution in [2.24, 2.45) is 0 Å². The van der Waals surface area contributed by atoms with Crippen molar-refractivity contribution in [1.29, 1.82) is 0 Å². The number of para-hydroxylation sites is 1. The largest absolute Gasteiger partial charge is 0.336 e. The van der Waals surface area contributed by atoms with E-state index in [1.807, 2.05) is 43.9 Å². The van der Waals surface area contributed by atoms with E-state index in [-0.39, 0.29) is 11.3 Å². The summed E-state index contributed by atoms with van der Waals surface area (Å²) < 4.78 is 1.48. The summed E-state index contributed by atoms with van der Waals surface area (Å²) in [5.41, 5.74) is 0.803. The van der Waals surface area contributed by atoms with Crippen molar-refractivity contribution in [2.45, 2.75) is 36.2 Å². The third kappa shape index (κ3) is 3.39. The predicted molar refractivity (Wildman–Crippen MR) is 99.1 cm³/mol. The first-order valence-electron chi connectivity index (χ1n) is 7.74. The number of nitrogens with zero attached hydrogens (tertiary/aromatic N) is 4. The summed E-state index contributed by atoms with van der Waals surface area (Å²) >= 11 is 3.11. The molecular weight excluding hydrogens is 342 g/mol. The number of hydrogen-bond donors (Lipinski definition) is 1. The van der Waals surface area contributed by atoms with Crippen LogP contribution in [0, 0.1) is 0 Å². The summed E-state index contributed by atoms with van der Waals surface area (Å²) in [5, 5.41) is 8.83. The Labute approximate surface area is 150 Å². The van der Waals surface area contributed by atoms with Crippen molar-refractivity contribution in [1.82, 2.24) is 14.9 Å². The summed E-state index contributed by atoms with van der Waals surface area (Å²) in [6, 6.07) is 8.01. The van der Waals surface area contributed by atoms with E-state index in [2.05, 4.69) is 16.3 Å². The van der Waals surface area contributed by atoms with Crippen LogP contribution in [-0.4, -0.2) is 38.8 Å². The number of anilines is 1. The second-order valence-electron chi connectivity index (χ2n) is 6.58. The highest BCUT2D eigenvalue weighted by Crippen LogP contribution is 2.34. The fraction of sp³-hybridized carbons (Fsp3) is 0.438. The molecule has 0 fully saturated rings. The Hall–Kier alpha value is -1.67. The lowest BCUT2D eigenvalue weighted by molar-refractivity contribution is -0.116. The highest BCUT2D eigenvalue weighted by atomic mass is 32.2. The topological polar surface area (TPSA) is 77.0 Å². The van der Waals surface area contributed by atoms with E-state index in [4.69, 9.17) is 5.84 Å². The van der Waals surface area contributed by atoms with E-state index in [1.165, 1.54) is 16.4 Å². The lowest BCUT2D eigenvalue weighted by Crippen LogP contribution is -2.36. The smallest absolute Gasteiger partial charge is 0.237 e. The molecule has 128 valence electrons. The van der Waals surface area contributed by atoms with Gasteiger partial charge in [0.05, 0.1) is 11.4 Å². The van der Waals surface area contributed by atoms with E-state index in [0.29, 0.717) is 16.7 Å². The number of nitrogen functional groups attached to an aromatic ring is 1. The van der Waals surface area contributed by atoms with Gasteiger partial charge in [0.1, 0.15) is 0 Å². The summed E-state index contributed by atoms with van der Waals surface area (Å²) in [7, 11) is 0. The first-order valence-corrected chi connectivity index (χ1v) is 9.71. The van der Waals surface area contributed by atoms with E-state index >= 15 is 0 Å². The standard InChI is InChI=1S/C16H21N5OS2/c1-16(2,3)14-18-19-15(21(14)17)24-10-13(22)20-8-9-23-12-7-5-4-6-11(12)20/h4-7H,8-10,17H2,1-3H3. The number of benzene rings is 1. The number of rotatable bonds is 3. The quantitative estimate of drug-likeness (QED) is 0.667. The zero-order valence-corrected chi connectivity index (χ0v) is 15.7. The molecule has 2 aromatic rings. The summed E-state index contributed by atoms with van der Waals surface area (Å²) in [4.78, 5) is 15.6. The van der Waals surface area contributed by atoms with Gasteiger partial charge in [0, 0.05) is 22.6 Å². The number of fused-ring (bicyclic) bond motifs is 1. The lowest BCUT2D eigenvalue weighted by atomic mass is 9.96. The van der Waals surface area contributed by atoms with E-state index < -0.39 is 0 Å². The normalized spacial score (nSPS) is 14.5. The first-order chi connectivity index (χ1) is 11.4. The van der Waals surface area contributed by atoms with E-state index in [1.54, 1.807) is 11.8 Å². The predicted octanol–water partition coefficient (Wildman–Crippen LogP) is 2.52. The Morgan fingerprint density at radius 2 is 2.08 bits per heavy atom. The molecule has 1 aliphatic rings. The van der Waals surface area contributed by atoms with Gasteiger partial charge in [-0.25, -0.2) is 4.68 Å². The fourth-order valence-electron chi connectivity index (χ4n) is 2.52. The molecule has 0 saturated heterocycles. The molecule has 24 heavy (non-hydrogen) atoms. The monoisotopic (exact) mass is 363 g/mol. The van der Waals surface area contributed by atoms with Gasteiger partial charge in [0.15, 0.2) is 5.82 Å². The van der Waals surface area contributed by atoms with Crippen LogP contribution in [0.1, 0.15) is 26.6 Å². The van der Waals surface area contributed by atoms with Crippen molar-refractivity contribution in [3.63, 3.8) is 0 Å². The van der Waals surface area contributed by atoms with Crippen LogP contribution < -0.4 is 10.7 Å². The van der Waals surface area contributed by atoms with Crippen LogP contribution in [-0.2, 0) is 10.2 Å². The van der Waals surface area contributed by atoms with Crippen LogP contribution in [0.15, 0.2) is 34.3 Å². The van der Waals surface area contributed by atoms with E-state index in [0.717, 1.165) is 22.9 Å². The van der Waals surface area contributed by atoms with Crippen LogP contribution >= 0.6 is 23.5 Å². The van der Waals surface area contributed by atoms with Crippen molar-refractivity contribution in [3.05, 3.63) is 30.1 Å². The van der Waals surface area contributed by atoms with Crippen molar-refractivity contribution in [3.8, 4) is 0 Å². The van der Waals surface area contributed by atoms with Crippen molar-refractivity contribution in [2.75, 3.05) is 28.8 Å². The number of nitrogens with two attached hydrogens (primary N) is 1. The number of carbonyl (C=O) groups is 1. The Morgan fingerprint density at radius 3 is 2.79 bits per heavy atom.